The van der Waals surface area contributed by atoms with Crippen LogP contribution in [0.1, 0.15) is 48.4 Å². The number of pyridine rings is 1. The van der Waals surface area contributed by atoms with Crippen molar-refractivity contribution < 1.29 is 9.59 Å². The van der Waals surface area contributed by atoms with E-state index in [1.54, 1.807) is 4.90 Å². The lowest BCUT2D eigenvalue weighted by atomic mass is 10.1. The Kier molecular flexibility index (Phi) is 6.67. The van der Waals surface area contributed by atoms with E-state index in [1.165, 1.54) is 0 Å². The van der Waals surface area contributed by atoms with Crippen molar-refractivity contribution in [1.29, 1.82) is 0 Å². The molecule has 0 aliphatic heterocycles. The van der Waals surface area contributed by atoms with Gasteiger partial charge in [-0.1, -0.05) is 30.3 Å². The molecule has 30 heavy (non-hydrogen) atoms. The van der Waals surface area contributed by atoms with Crippen LogP contribution >= 0.6 is 0 Å². The number of hydrogen-bond donors (Lipinski definition) is 2. The number of fused-ring (bicyclic) bond motifs is 1. The molecule has 0 radical (unpaired) electrons. The first kappa shape index (κ1) is 21.3. The largest absolute Gasteiger partial charge is 0.345 e. The van der Waals surface area contributed by atoms with E-state index in [0.717, 1.165) is 22.2 Å². The number of carbonyl (C=O) groups excluding carboxylic acids is 2. The minimum Gasteiger partial charge on any atom is -0.345 e. The number of nitrogens with one attached hydrogen (secondary N) is 2. The number of aryl methyl sites for hydroxylation is 1. The lowest BCUT2D eigenvalue weighted by Gasteiger charge is -2.20. The average Bonchev–Trinajstić information content (AvgIpc) is 2.74. The highest BCUT2D eigenvalue weighted by atomic mass is 16.2. The van der Waals surface area contributed by atoms with Crippen molar-refractivity contribution in [2.75, 3.05) is 18.4 Å². The Balaban J connectivity index is 1.68. The normalized spacial score (nSPS) is 11.7. The summed E-state index contributed by atoms with van der Waals surface area (Å²) in [4.78, 5) is 31.3. The zero-order valence-electron chi connectivity index (χ0n) is 17.9. The van der Waals surface area contributed by atoms with Crippen LogP contribution in [0.25, 0.3) is 10.9 Å². The van der Waals surface area contributed by atoms with Crippen LogP contribution in [0.15, 0.2) is 54.6 Å². The summed E-state index contributed by atoms with van der Waals surface area (Å²) in [6, 6.07) is 16.9. The summed E-state index contributed by atoms with van der Waals surface area (Å²) in [5.74, 6) is -0.155. The zero-order valence-corrected chi connectivity index (χ0v) is 17.9. The molecule has 3 rings (SSSR count). The Labute approximate surface area is 177 Å². The number of aromatic nitrogens is 1. The third-order valence-corrected chi connectivity index (χ3v) is 5.22. The van der Waals surface area contributed by atoms with Crippen LogP contribution in [0.5, 0.6) is 0 Å². The Morgan fingerprint density at radius 2 is 1.70 bits per heavy atom. The molecule has 0 saturated heterocycles. The maximum absolute atomic E-state index is 12.8. The van der Waals surface area contributed by atoms with E-state index in [4.69, 9.17) is 0 Å². The summed E-state index contributed by atoms with van der Waals surface area (Å²) in [6.07, 6.45) is 0. The highest BCUT2D eigenvalue weighted by molar-refractivity contribution is 5.98. The Hall–Kier alpha value is -3.41. The van der Waals surface area contributed by atoms with E-state index in [1.807, 2.05) is 82.3 Å². The van der Waals surface area contributed by atoms with E-state index >= 15 is 0 Å². The van der Waals surface area contributed by atoms with Gasteiger partial charge >= 0.3 is 6.03 Å². The third kappa shape index (κ3) is 4.76. The SMILES string of the molecule is CCN(CC)C(=O)Nc1ccc(C(C)NC(=O)c2cc3ccccc3nc2C)cc1. The molecule has 0 spiro atoms. The van der Waals surface area contributed by atoms with Gasteiger partial charge in [-0.3, -0.25) is 9.78 Å². The van der Waals surface area contributed by atoms with Crippen LogP contribution < -0.4 is 10.6 Å². The molecule has 156 valence electrons. The summed E-state index contributed by atoms with van der Waals surface area (Å²) in [6.45, 7) is 9.00. The summed E-state index contributed by atoms with van der Waals surface area (Å²) in [5.41, 5.74) is 3.83. The molecule has 0 aliphatic carbocycles. The van der Waals surface area contributed by atoms with E-state index < -0.39 is 0 Å². The number of benzene rings is 2. The molecular formula is C24H28N4O2. The van der Waals surface area contributed by atoms with Crippen LogP contribution in [-0.2, 0) is 0 Å². The minimum absolute atomic E-state index is 0.117. The van der Waals surface area contributed by atoms with Gasteiger partial charge in [-0.15, -0.1) is 0 Å². The van der Waals surface area contributed by atoms with E-state index in [0.29, 0.717) is 24.3 Å². The fourth-order valence-corrected chi connectivity index (χ4v) is 3.37. The molecule has 1 atom stereocenters. The minimum atomic E-state index is -0.184. The molecule has 1 heterocycles. The number of urea groups is 1. The monoisotopic (exact) mass is 404 g/mol. The highest BCUT2D eigenvalue weighted by Gasteiger charge is 2.16. The Morgan fingerprint density at radius 1 is 1.03 bits per heavy atom. The number of carbonyl (C=O) groups is 2. The second-order valence-electron chi connectivity index (χ2n) is 7.23. The first-order valence-corrected chi connectivity index (χ1v) is 10.3. The van der Waals surface area contributed by atoms with Crippen molar-refractivity contribution in [2.45, 2.75) is 33.7 Å². The molecule has 6 heteroatoms. The molecule has 0 aliphatic rings. The van der Waals surface area contributed by atoms with Crippen molar-refractivity contribution in [1.82, 2.24) is 15.2 Å². The van der Waals surface area contributed by atoms with Crippen molar-refractivity contribution in [3.8, 4) is 0 Å². The quantitative estimate of drug-likeness (QED) is 0.613. The van der Waals surface area contributed by atoms with Crippen molar-refractivity contribution in [3.05, 3.63) is 71.4 Å². The number of hydrogen-bond acceptors (Lipinski definition) is 3. The summed E-state index contributed by atoms with van der Waals surface area (Å²) >= 11 is 0. The van der Waals surface area contributed by atoms with Gasteiger partial charge in [0.2, 0.25) is 0 Å². The number of amides is 3. The van der Waals surface area contributed by atoms with Crippen molar-refractivity contribution in [2.24, 2.45) is 0 Å². The van der Waals surface area contributed by atoms with Crippen molar-refractivity contribution >= 4 is 28.5 Å². The maximum atomic E-state index is 12.8. The van der Waals surface area contributed by atoms with E-state index in [9.17, 15) is 9.59 Å². The first-order chi connectivity index (χ1) is 14.4. The van der Waals surface area contributed by atoms with Crippen LogP contribution in [0.2, 0.25) is 0 Å². The predicted octanol–water partition coefficient (Wildman–Crippen LogP) is 4.91. The third-order valence-electron chi connectivity index (χ3n) is 5.22. The fourth-order valence-electron chi connectivity index (χ4n) is 3.37. The first-order valence-electron chi connectivity index (χ1n) is 10.3. The Morgan fingerprint density at radius 3 is 2.37 bits per heavy atom. The number of nitrogens with zero attached hydrogens (tertiary/aromatic N) is 2. The Bertz CT molecular complexity index is 1040. The average molecular weight is 405 g/mol. The van der Waals surface area contributed by atoms with E-state index in [2.05, 4.69) is 15.6 Å². The molecule has 2 N–H and O–H groups in total. The van der Waals surface area contributed by atoms with Crippen LogP contribution in [0, 0.1) is 6.92 Å². The summed E-state index contributed by atoms with van der Waals surface area (Å²) < 4.78 is 0. The zero-order chi connectivity index (χ0) is 21.7. The molecule has 0 bridgehead atoms. The number of anilines is 1. The molecule has 2 aromatic carbocycles. The van der Waals surface area contributed by atoms with Gasteiger partial charge in [0.25, 0.3) is 5.91 Å². The van der Waals surface area contributed by atoms with Crippen LogP contribution in [0.3, 0.4) is 0 Å². The van der Waals surface area contributed by atoms with Gasteiger partial charge < -0.3 is 15.5 Å². The maximum Gasteiger partial charge on any atom is 0.321 e. The fraction of sp³-hybridized carbons (Fsp3) is 0.292. The van der Waals surface area contributed by atoms with Gasteiger partial charge in [0, 0.05) is 24.2 Å². The second-order valence-corrected chi connectivity index (χ2v) is 7.23. The second kappa shape index (κ2) is 9.39. The van der Waals surface area contributed by atoms with Gasteiger partial charge in [-0.05, 0) is 57.5 Å². The summed E-state index contributed by atoms with van der Waals surface area (Å²) in [7, 11) is 0. The standard InChI is InChI=1S/C24H28N4O2/c1-5-28(6-2)24(30)27-20-13-11-18(12-14-20)16(3)26-23(29)21-15-19-9-7-8-10-22(19)25-17(21)4/h7-16H,5-6H2,1-4H3,(H,26,29)(H,27,30). The smallest absolute Gasteiger partial charge is 0.321 e. The number of para-hydroxylation sites is 1. The lowest BCUT2D eigenvalue weighted by molar-refractivity contribution is 0.0939. The van der Waals surface area contributed by atoms with Gasteiger partial charge in [0.15, 0.2) is 0 Å². The van der Waals surface area contributed by atoms with E-state index in [-0.39, 0.29) is 18.0 Å². The molecule has 1 unspecified atom stereocenters. The summed E-state index contributed by atoms with van der Waals surface area (Å²) in [5, 5.41) is 6.87. The van der Waals surface area contributed by atoms with Gasteiger partial charge in [-0.25, -0.2) is 4.79 Å². The highest BCUT2D eigenvalue weighted by Crippen LogP contribution is 2.20. The van der Waals surface area contributed by atoms with Crippen molar-refractivity contribution in [3.63, 3.8) is 0 Å². The molecular weight excluding hydrogens is 376 g/mol. The molecule has 0 saturated carbocycles. The molecule has 0 fully saturated rings. The van der Waals surface area contributed by atoms with Crippen LogP contribution in [-0.4, -0.2) is 34.9 Å². The molecule has 3 aromatic rings. The molecule has 3 amide bonds. The molecule has 6 nitrogen and oxygen atoms in total. The van der Waals surface area contributed by atoms with Gasteiger partial charge in [0.05, 0.1) is 22.8 Å². The van der Waals surface area contributed by atoms with Gasteiger partial charge in [-0.2, -0.15) is 0 Å². The predicted molar refractivity (Wildman–Crippen MR) is 121 cm³/mol. The van der Waals surface area contributed by atoms with Crippen LogP contribution in [0.4, 0.5) is 10.5 Å². The number of rotatable bonds is 6. The topological polar surface area (TPSA) is 74.3 Å². The van der Waals surface area contributed by atoms with Gasteiger partial charge in [0.1, 0.15) is 0 Å². The lowest BCUT2D eigenvalue weighted by Crippen LogP contribution is -2.34. The molecule has 1 aromatic heterocycles.